The van der Waals surface area contributed by atoms with E-state index in [1.165, 1.54) is 11.3 Å². The number of aromatic nitrogens is 2. The van der Waals surface area contributed by atoms with Crippen molar-refractivity contribution in [3.05, 3.63) is 81.1 Å². The molecule has 144 valence electrons. The summed E-state index contributed by atoms with van der Waals surface area (Å²) in [5, 5.41) is 6.54. The molecule has 6 heteroatoms. The van der Waals surface area contributed by atoms with Crippen molar-refractivity contribution in [1.29, 1.82) is 0 Å². The molecule has 2 N–H and O–H groups in total. The number of amides is 1. The molecule has 0 atom stereocenters. The van der Waals surface area contributed by atoms with Crippen molar-refractivity contribution in [2.75, 3.05) is 5.32 Å². The van der Waals surface area contributed by atoms with Gasteiger partial charge < -0.3 is 10.3 Å². The van der Waals surface area contributed by atoms with Crippen molar-refractivity contribution in [3.8, 4) is 10.6 Å². The number of aromatic amines is 1. The van der Waals surface area contributed by atoms with Gasteiger partial charge in [0.25, 0.3) is 11.5 Å². The molecule has 0 unspecified atom stereocenters. The van der Waals surface area contributed by atoms with Crippen LogP contribution in [0.15, 0.2) is 58.7 Å². The van der Waals surface area contributed by atoms with E-state index < -0.39 is 0 Å². The number of anilines is 1. The van der Waals surface area contributed by atoms with Crippen LogP contribution in [0.1, 0.15) is 34.5 Å². The Balaban J connectivity index is 1.42. The molecular weight excluding hydrogens is 382 g/mol. The van der Waals surface area contributed by atoms with E-state index in [1.54, 1.807) is 5.38 Å². The molecule has 29 heavy (non-hydrogen) atoms. The fraction of sp³-hybridized carbons (Fsp3) is 0.174. The number of rotatable bonds is 3. The first-order valence-electron chi connectivity index (χ1n) is 9.69. The number of benzene rings is 2. The predicted molar refractivity (Wildman–Crippen MR) is 117 cm³/mol. The van der Waals surface area contributed by atoms with Crippen molar-refractivity contribution in [1.82, 2.24) is 9.97 Å². The maximum Gasteiger partial charge on any atom is 0.275 e. The third-order valence-corrected chi connectivity index (χ3v) is 6.24. The van der Waals surface area contributed by atoms with E-state index in [4.69, 9.17) is 0 Å². The standard InChI is InChI=1S/C23H19N3O2S/c27-21-18-9-5-4-8-16(18)17-11-10-15(12-19(17)25-21)24-22(28)20-13-29-23(26-20)14-6-2-1-3-7-14/h1-3,6-7,10-13H,4-5,8-9H2,(H,24,28)(H,25,27). The van der Waals surface area contributed by atoms with Crippen LogP contribution in [0.3, 0.4) is 0 Å². The second kappa shape index (κ2) is 7.29. The first-order valence-corrected chi connectivity index (χ1v) is 10.6. The lowest BCUT2D eigenvalue weighted by Crippen LogP contribution is -2.19. The average Bonchev–Trinajstić information content (AvgIpc) is 3.25. The van der Waals surface area contributed by atoms with Crippen LogP contribution in [0.5, 0.6) is 0 Å². The molecule has 2 heterocycles. The molecule has 5 nitrogen and oxygen atoms in total. The molecule has 0 radical (unpaired) electrons. The molecule has 1 aliphatic carbocycles. The van der Waals surface area contributed by atoms with E-state index in [0.717, 1.165) is 58.3 Å². The molecular formula is C23H19N3O2S. The molecule has 0 fully saturated rings. The molecule has 2 aromatic carbocycles. The minimum atomic E-state index is -0.261. The Morgan fingerprint density at radius 1 is 1.03 bits per heavy atom. The van der Waals surface area contributed by atoms with Crippen LogP contribution in [-0.2, 0) is 12.8 Å². The van der Waals surface area contributed by atoms with Gasteiger partial charge in [-0.1, -0.05) is 36.4 Å². The Bertz CT molecular complexity index is 1270. The summed E-state index contributed by atoms with van der Waals surface area (Å²) in [5.41, 5.74) is 4.83. The Morgan fingerprint density at radius 2 is 1.83 bits per heavy atom. The summed E-state index contributed by atoms with van der Waals surface area (Å²) >= 11 is 1.44. The Morgan fingerprint density at radius 3 is 2.66 bits per heavy atom. The number of hydrogen-bond acceptors (Lipinski definition) is 4. The highest BCUT2D eigenvalue weighted by atomic mass is 32.1. The van der Waals surface area contributed by atoms with Gasteiger partial charge in [0.15, 0.2) is 0 Å². The van der Waals surface area contributed by atoms with Crippen molar-refractivity contribution >= 4 is 33.8 Å². The van der Waals surface area contributed by atoms with Gasteiger partial charge >= 0.3 is 0 Å². The van der Waals surface area contributed by atoms with Crippen LogP contribution in [0.25, 0.3) is 21.5 Å². The molecule has 1 aliphatic rings. The SMILES string of the molecule is O=C(Nc1ccc2c3c(c(=O)[nH]c2c1)CCCC3)c1csc(-c2ccccc2)n1. The van der Waals surface area contributed by atoms with Gasteiger partial charge in [-0.25, -0.2) is 4.98 Å². The summed E-state index contributed by atoms with van der Waals surface area (Å²) in [6.45, 7) is 0. The lowest BCUT2D eigenvalue weighted by molar-refractivity contribution is 0.102. The first kappa shape index (κ1) is 17.8. The second-order valence-electron chi connectivity index (χ2n) is 7.24. The van der Waals surface area contributed by atoms with E-state index in [2.05, 4.69) is 15.3 Å². The topological polar surface area (TPSA) is 74.8 Å². The van der Waals surface area contributed by atoms with E-state index >= 15 is 0 Å². The minimum Gasteiger partial charge on any atom is -0.322 e. The van der Waals surface area contributed by atoms with Crippen LogP contribution >= 0.6 is 11.3 Å². The predicted octanol–water partition coefficient (Wildman–Crippen LogP) is 4.78. The summed E-state index contributed by atoms with van der Waals surface area (Å²) < 4.78 is 0. The number of pyridine rings is 1. The highest BCUT2D eigenvalue weighted by Gasteiger charge is 2.17. The smallest absolute Gasteiger partial charge is 0.275 e. The summed E-state index contributed by atoms with van der Waals surface area (Å²) in [7, 11) is 0. The number of aryl methyl sites for hydroxylation is 1. The molecule has 1 amide bonds. The zero-order valence-electron chi connectivity index (χ0n) is 15.7. The Hall–Kier alpha value is -3.25. The molecule has 5 rings (SSSR count). The fourth-order valence-corrected chi connectivity index (χ4v) is 4.73. The van der Waals surface area contributed by atoms with Crippen LogP contribution in [0.4, 0.5) is 5.69 Å². The van der Waals surface area contributed by atoms with E-state index in [0.29, 0.717) is 11.4 Å². The van der Waals surface area contributed by atoms with Gasteiger partial charge in [0, 0.05) is 27.6 Å². The zero-order valence-corrected chi connectivity index (χ0v) is 16.5. The first-order chi connectivity index (χ1) is 14.2. The Kier molecular flexibility index (Phi) is 4.48. The summed E-state index contributed by atoms with van der Waals surface area (Å²) in [4.78, 5) is 32.5. The van der Waals surface area contributed by atoms with Crippen molar-refractivity contribution in [2.24, 2.45) is 0 Å². The maximum atomic E-state index is 12.7. The molecule has 0 aliphatic heterocycles. The average molecular weight is 401 g/mol. The summed E-state index contributed by atoms with van der Waals surface area (Å²) in [6.07, 6.45) is 3.95. The number of nitrogens with one attached hydrogen (secondary N) is 2. The van der Waals surface area contributed by atoms with Gasteiger partial charge in [-0.15, -0.1) is 11.3 Å². The van der Waals surface area contributed by atoms with Crippen LogP contribution in [-0.4, -0.2) is 15.9 Å². The van der Waals surface area contributed by atoms with E-state index in [1.807, 2.05) is 48.5 Å². The molecule has 4 aromatic rings. The number of carbonyl (C=O) groups is 1. The number of nitrogens with zero attached hydrogens (tertiary/aromatic N) is 1. The van der Waals surface area contributed by atoms with Gasteiger partial charge in [-0.2, -0.15) is 0 Å². The zero-order chi connectivity index (χ0) is 19.8. The van der Waals surface area contributed by atoms with Crippen molar-refractivity contribution in [3.63, 3.8) is 0 Å². The second-order valence-corrected chi connectivity index (χ2v) is 8.09. The molecule has 0 spiro atoms. The third-order valence-electron chi connectivity index (χ3n) is 5.35. The lowest BCUT2D eigenvalue weighted by atomic mass is 9.90. The van der Waals surface area contributed by atoms with Gasteiger partial charge in [0.05, 0.1) is 5.52 Å². The molecule has 0 saturated heterocycles. The van der Waals surface area contributed by atoms with Crippen LogP contribution < -0.4 is 10.9 Å². The highest BCUT2D eigenvalue weighted by molar-refractivity contribution is 7.13. The quantitative estimate of drug-likeness (QED) is 0.519. The van der Waals surface area contributed by atoms with Gasteiger partial charge in [0.1, 0.15) is 10.7 Å². The molecule has 0 bridgehead atoms. The summed E-state index contributed by atoms with van der Waals surface area (Å²) in [5.74, 6) is -0.261. The van der Waals surface area contributed by atoms with Crippen LogP contribution in [0.2, 0.25) is 0 Å². The molecule has 2 aromatic heterocycles. The number of hydrogen-bond donors (Lipinski definition) is 2. The number of H-pyrrole nitrogens is 1. The lowest BCUT2D eigenvalue weighted by Gasteiger charge is -2.17. The van der Waals surface area contributed by atoms with Gasteiger partial charge in [0.2, 0.25) is 0 Å². The van der Waals surface area contributed by atoms with E-state index in [9.17, 15) is 9.59 Å². The Labute approximate surface area is 171 Å². The number of carbonyl (C=O) groups excluding carboxylic acids is 1. The largest absolute Gasteiger partial charge is 0.322 e. The normalized spacial score (nSPS) is 13.2. The van der Waals surface area contributed by atoms with Gasteiger partial charge in [-0.05, 0) is 43.4 Å². The molecule has 0 saturated carbocycles. The number of thiazole rings is 1. The van der Waals surface area contributed by atoms with Gasteiger partial charge in [-0.3, -0.25) is 9.59 Å². The third kappa shape index (κ3) is 3.36. The number of fused-ring (bicyclic) bond motifs is 3. The fourth-order valence-electron chi connectivity index (χ4n) is 3.93. The monoisotopic (exact) mass is 401 g/mol. The van der Waals surface area contributed by atoms with E-state index in [-0.39, 0.29) is 11.5 Å². The maximum absolute atomic E-state index is 12.7. The van der Waals surface area contributed by atoms with Crippen molar-refractivity contribution < 1.29 is 4.79 Å². The minimum absolute atomic E-state index is 0.0114. The highest BCUT2D eigenvalue weighted by Crippen LogP contribution is 2.28. The van der Waals surface area contributed by atoms with Crippen LogP contribution in [0, 0.1) is 0 Å². The summed E-state index contributed by atoms with van der Waals surface area (Å²) in [6, 6.07) is 15.5. The van der Waals surface area contributed by atoms with Crippen molar-refractivity contribution in [2.45, 2.75) is 25.7 Å².